The van der Waals surface area contributed by atoms with Crippen molar-refractivity contribution < 1.29 is 0 Å². The summed E-state index contributed by atoms with van der Waals surface area (Å²) < 4.78 is 1.86. The van der Waals surface area contributed by atoms with Gasteiger partial charge in [0.1, 0.15) is 6.04 Å². The van der Waals surface area contributed by atoms with E-state index in [1.54, 1.807) is 6.20 Å². The first-order valence-corrected chi connectivity index (χ1v) is 5.24. The van der Waals surface area contributed by atoms with E-state index in [0.717, 1.165) is 5.56 Å². The van der Waals surface area contributed by atoms with E-state index >= 15 is 0 Å². The van der Waals surface area contributed by atoms with E-state index in [1.807, 2.05) is 24.7 Å². The molecule has 0 spiro atoms. The van der Waals surface area contributed by atoms with Gasteiger partial charge in [-0.3, -0.25) is 10.00 Å². The molecule has 0 aliphatic rings. The number of hydrogen-bond acceptors (Lipinski definition) is 3. The first kappa shape index (κ1) is 11.7. The van der Waals surface area contributed by atoms with Crippen LogP contribution in [0.15, 0.2) is 12.4 Å². The Bertz CT molecular complexity index is 346. The smallest absolute Gasteiger partial charge is 0.124 e. The summed E-state index contributed by atoms with van der Waals surface area (Å²) in [4.78, 5) is 0. The lowest BCUT2D eigenvalue weighted by Gasteiger charge is -2.12. The molecule has 1 N–H and O–H groups in total. The maximum absolute atomic E-state index is 9.03. The molecule has 0 aliphatic heterocycles. The minimum absolute atomic E-state index is 0.266. The van der Waals surface area contributed by atoms with Crippen LogP contribution in [0, 0.1) is 11.3 Å². The zero-order valence-corrected chi connectivity index (χ0v) is 9.73. The fourth-order valence-corrected chi connectivity index (χ4v) is 1.33. The minimum Gasteiger partial charge on any atom is -0.296 e. The van der Waals surface area contributed by atoms with Gasteiger partial charge in [0.2, 0.25) is 0 Å². The summed E-state index contributed by atoms with van der Waals surface area (Å²) in [6, 6.07) is 2.59. The molecule has 0 aliphatic carbocycles. The molecule has 0 bridgehead atoms. The Kier molecular flexibility index (Phi) is 3.87. The molecule has 1 atom stereocenters. The van der Waals surface area contributed by atoms with Crippen LogP contribution in [0.1, 0.15) is 45.3 Å². The van der Waals surface area contributed by atoms with Crippen molar-refractivity contribution in [1.82, 2.24) is 15.1 Å². The number of rotatable bonds is 4. The number of aromatic nitrogens is 2. The normalized spacial score (nSPS) is 13.1. The number of nitrogens with one attached hydrogen (secondary N) is 1. The van der Waals surface area contributed by atoms with Crippen molar-refractivity contribution in [2.45, 2.75) is 45.8 Å². The van der Waals surface area contributed by atoms with Gasteiger partial charge in [0.15, 0.2) is 0 Å². The zero-order valence-electron chi connectivity index (χ0n) is 9.73. The molecule has 15 heavy (non-hydrogen) atoms. The minimum atomic E-state index is -0.266. The van der Waals surface area contributed by atoms with Gasteiger partial charge in [-0.05, 0) is 27.7 Å². The van der Waals surface area contributed by atoms with E-state index < -0.39 is 0 Å². The zero-order chi connectivity index (χ0) is 11.4. The van der Waals surface area contributed by atoms with Crippen LogP contribution in [0.4, 0.5) is 0 Å². The lowest BCUT2D eigenvalue weighted by molar-refractivity contribution is 0.526. The van der Waals surface area contributed by atoms with Crippen molar-refractivity contribution >= 4 is 0 Å². The van der Waals surface area contributed by atoms with Crippen LogP contribution in [-0.2, 0) is 0 Å². The molecule has 1 unspecified atom stereocenters. The lowest BCUT2D eigenvalue weighted by Crippen LogP contribution is -2.26. The van der Waals surface area contributed by atoms with E-state index in [0.29, 0.717) is 6.04 Å². The Morgan fingerprint density at radius 1 is 1.40 bits per heavy atom. The summed E-state index contributed by atoms with van der Waals surface area (Å²) in [7, 11) is 0. The predicted octanol–water partition coefficient (Wildman–Crippen LogP) is 2.03. The topological polar surface area (TPSA) is 53.6 Å². The molecule has 1 rings (SSSR count). The molecule has 82 valence electrons. The molecule has 0 saturated carbocycles. The first-order chi connectivity index (χ1) is 7.04. The third-order valence-electron chi connectivity index (χ3n) is 2.11. The molecule has 1 heterocycles. The Morgan fingerprint density at radius 2 is 2.07 bits per heavy atom. The molecule has 4 nitrogen and oxygen atoms in total. The summed E-state index contributed by atoms with van der Waals surface area (Å²) in [6.45, 7) is 8.18. The highest BCUT2D eigenvalue weighted by Gasteiger charge is 2.13. The highest BCUT2D eigenvalue weighted by molar-refractivity contribution is 5.18. The number of nitriles is 1. The Labute approximate surface area is 90.9 Å². The molecule has 0 aromatic carbocycles. The van der Waals surface area contributed by atoms with Gasteiger partial charge >= 0.3 is 0 Å². The molecular formula is C11H18N4. The van der Waals surface area contributed by atoms with Gasteiger partial charge in [-0.15, -0.1) is 0 Å². The fraction of sp³-hybridized carbons (Fsp3) is 0.636. The second kappa shape index (κ2) is 4.94. The summed E-state index contributed by atoms with van der Waals surface area (Å²) in [6.07, 6.45) is 3.68. The van der Waals surface area contributed by atoms with Crippen LogP contribution in [-0.4, -0.2) is 15.8 Å². The lowest BCUT2D eigenvalue weighted by atomic mass is 10.1. The summed E-state index contributed by atoms with van der Waals surface area (Å²) in [5.41, 5.74) is 0.930. The highest BCUT2D eigenvalue weighted by atomic mass is 15.3. The van der Waals surface area contributed by atoms with Gasteiger partial charge in [0.05, 0.1) is 12.3 Å². The molecule has 0 amide bonds. The monoisotopic (exact) mass is 206 g/mol. The third-order valence-corrected chi connectivity index (χ3v) is 2.11. The van der Waals surface area contributed by atoms with Crippen molar-refractivity contribution in [2.75, 3.05) is 0 Å². The Balaban J connectivity index is 2.80. The van der Waals surface area contributed by atoms with Crippen LogP contribution in [0.25, 0.3) is 0 Å². The molecule has 0 fully saturated rings. The van der Waals surface area contributed by atoms with Crippen molar-refractivity contribution in [3.05, 3.63) is 18.0 Å². The van der Waals surface area contributed by atoms with Crippen LogP contribution in [0.2, 0.25) is 0 Å². The van der Waals surface area contributed by atoms with Gasteiger partial charge in [0, 0.05) is 23.8 Å². The maximum Gasteiger partial charge on any atom is 0.124 e. The van der Waals surface area contributed by atoms with Gasteiger partial charge in [-0.25, -0.2) is 0 Å². The van der Waals surface area contributed by atoms with Crippen LogP contribution in [0.5, 0.6) is 0 Å². The molecule has 4 heteroatoms. The van der Waals surface area contributed by atoms with Crippen LogP contribution in [0.3, 0.4) is 0 Å². The van der Waals surface area contributed by atoms with E-state index in [2.05, 4.69) is 30.3 Å². The standard InChI is InChI=1S/C11H18N4/c1-8(2)14-11(5-12)10-6-13-15(7-10)9(3)4/h6-9,11,14H,1-4H3. The largest absolute Gasteiger partial charge is 0.296 e. The maximum atomic E-state index is 9.03. The quantitative estimate of drug-likeness (QED) is 0.820. The predicted molar refractivity (Wildman–Crippen MR) is 59.2 cm³/mol. The van der Waals surface area contributed by atoms with E-state index in [4.69, 9.17) is 5.26 Å². The van der Waals surface area contributed by atoms with Crippen molar-refractivity contribution in [3.63, 3.8) is 0 Å². The van der Waals surface area contributed by atoms with E-state index in [-0.39, 0.29) is 12.1 Å². The second-order valence-electron chi connectivity index (χ2n) is 4.23. The van der Waals surface area contributed by atoms with Crippen molar-refractivity contribution in [1.29, 1.82) is 5.26 Å². The van der Waals surface area contributed by atoms with Crippen molar-refractivity contribution in [3.8, 4) is 6.07 Å². The second-order valence-corrected chi connectivity index (χ2v) is 4.23. The SMILES string of the molecule is CC(C)NC(C#N)c1cnn(C(C)C)c1. The Hall–Kier alpha value is -1.34. The number of nitrogens with zero attached hydrogens (tertiary/aromatic N) is 3. The van der Waals surface area contributed by atoms with Gasteiger partial charge < -0.3 is 0 Å². The fourth-order valence-electron chi connectivity index (χ4n) is 1.33. The van der Waals surface area contributed by atoms with E-state index in [1.165, 1.54) is 0 Å². The number of hydrogen-bond donors (Lipinski definition) is 1. The van der Waals surface area contributed by atoms with Crippen LogP contribution >= 0.6 is 0 Å². The molecule has 1 aromatic heterocycles. The van der Waals surface area contributed by atoms with Gasteiger partial charge in [-0.2, -0.15) is 10.4 Å². The third kappa shape index (κ3) is 3.07. The Morgan fingerprint density at radius 3 is 2.47 bits per heavy atom. The van der Waals surface area contributed by atoms with Gasteiger partial charge in [0.25, 0.3) is 0 Å². The molecular weight excluding hydrogens is 188 g/mol. The average Bonchev–Trinajstić information content (AvgIpc) is 2.62. The average molecular weight is 206 g/mol. The first-order valence-electron chi connectivity index (χ1n) is 5.24. The summed E-state index contributed by atoms with van der Waals surface area (Å²) >= 11 is 0. The van der Waals surface area contributed by atoms with E-state index in [9.17, 15) is 0 Å². The summed E-state index contributed by atoms with van der Waals surface area (Å²) in [5.74, 6) is 0. The molecule has 1 aromatic rings. The highest BCUT2D eigenvalue weighted by Crippen LogP contribution is 2.14. The van der Waals surface area contributed by atoms with Crippen molar-refractivity contribution in [2.24, 2.45) is 0 Å². The summed E-state index contributed by atoms with van der Waals surface area (Å²) in [5, 5.41) is 16.4. The van der Waals surface area contributed by atoms with Crippen LogP contribution < -0.4 is 5.32 Å². The van der Waals surface area contributed by atoms with Gasteiger partial charge in [-0.1, -0.05) is 0 Å². The molecule has 0 radical (unpaired) electrons. The molecule has 0 saturated heterocycles.